The van der Waals surface area contributed by atoms with Crippen LogP contribution in [0.15, 0.2) is 29.4 Å². The molecule has 0 saturated carbocycles. The first-order valence-electron chi connectivity index (χ1n) is 10.4. The molecule has 1 aromatic carbocycles. The molecule has 0 spiro atoms. The Morgan fingerprint density at radius 2 is 2.19 bits per heavy atom. The molecule has 1 atom stereocenters. The zero-order valence-corrected chi connectivity index (χ0v) is 18.9. The molecule has 0 bridgehead atoms. The quantitative estimate of drug-likeness (QED) is 0.434. The number of carbonyl (C=O) groups is 1. The van der Waals surface area contributed by atoms with Gasteiger partial charge >= 0.3 is 0 Å². The number of para-hydroxylation sites is 1. The van der Waals surface area contributed by atoms with Gasteiger partial charge in [0.25, 0.3) is 0 Å². The van der Waals surface area contributed by atoms with Gasteiger partial charge in [-0.25, -0.2) is 9.37 Å². The maximum Gasteiger partial charge on any atom is 0.234 e. The highest BCUT2D eigenvalue weighted by molar-refractivity contribution is 7.99. The Hall–Kier alpha value is -2.52. The number of amides is 1. The van der Waals surface area contributed by atoms with Gasteiger partial charge in [-0.15, -0.1) is 21.5 Å². The normalized spacial score (nSPS) is 16.0. The van der Waals surface area contributed by atoms with Crippen molar-refractivity contribution >= 4 is 50.6 Å². The van der Waals surface area contributed by atoms with Crippen molar-refractivity contribution in [2.45, 2.75) is 44.7 Å². The lowest BCUT2D eigenvalue weighted by Gasteiger charge is -2.17. The average molecular weight is 456 g/mol. The second kappa shape index (κ2) is 8.20. The third-order valence-corrected chi connectivity index (χ3v) is 7.71. The summed E-state index contributed by atoms with van der Waals surface area (Å²) < 4.78 is 15.8. The third-order valence-electron chi connectivity index (χ3n) is 5.64. The number of halogens is 1. The number of hydrogen-bond acceptors (Lipinski definition) is 6. The number of fused-ring (bicyclic) bond motifs is 5. The number of nitrogens with zero attached hydrogens (tertiary/aromatic N) is 4. The molecule has 31 heavy (non-hydrogen) atoms. The molecule has 6 nitrogen and oxygen atoms in total. The van der Waals surface area contributed by atoms with Gasteiger partial charge in [-0.1, -0.05) is 37.7 Å². The molecule has 0 radical (unpaired) electrons. The van der Waals surface area contributed by atoms with Crippen LogP contribution in [0.25, 0.3) is 15.9 Å². The fourth-order valence-corrected chi connectivity index (χ4v) is 6.24. The molecule has 0 fully saturated rings. The largest absolute Gasteiger partial charge is 0.323 e. The van der Waals surface area contributed by atoms with E-state index in [1.54, 1.807) is 29.5 Å². The van der Waals surface area contributed by atoms with Crippen LogP contribution >= 0.6 is 23.1 Å². The van der Waals surface area contributed by atoms with Gasteiger partial charge in [-0.3, -0.25) is 9.20 Å². The van der Waals surface area contributed by atoms with E-state index >= 15 is 0 Å². The Kier molecular flexibility index (Phi) is 5.39. The van der Waals surface area contributed by atoms with Gasteiger partial charge < -0.3 is 5.32 Å². The van der Waals surface area contributed by atoms with Crippen molar-refractivity contribution < 1.29 is 9.18 Å². The van der Waals surface area contributed by atoms with Crippen molar-refractivity contribution in [3.8, 4) is 0 Å². The number of benzene rings is 1. The van der Waals surface area contributed by atoms with Gasteiger partial charge in [0.2, 0.25) is 5.91 Å². The third kappa shape index (κ3) is 3.70. The number of thiophene rings is 1. The zero-order chi connectivity index (χ0) is 21.5. The lowest BCUT2D eigenvalue weighted by Crippen LogP contribution is -2.15. The van der Waals surface area contributed by atoms with E-state index in [1.165, 1.54) is 34.7 Å². The van der Waals surface area contributed by atoms with Crippen LogP contribution in [-0.4, -0.2) is 31.2 Å². The standard InChI is InChI=1S/C22H22FN5OS2/c1-3-17-25-21-19(13-9-8-12(2)10-16(13)31-21)20-26-27-22(28(17)20)30-11-18(29)24-15-7-5-4-6-14(15)23/h4-7,12H,3,8-11H2,1-2H3,(H,24,29)/t12-/m0/s1. The summed E-state index contributed by atoms with van der Waals surface area (Å²) in [6.45, 7) is 4.36. The van der Waals surface area contributed by atoms with Crippen molar-refractivity contribution in [1.29, 1.82) is 0 Å². The van der Waals surface area contributed by atoms with E-state index < -0.39 is 5.82 Å². The van der Waals surface area contributed by atoms with Crippen LogP contribution in [0.3, 0.4) is 0 Å². The van der Waals surface area contributed by atoms with Crippen LogP contribution in [0.2, 0.25) is 0 Å². The van der Waals surface area contributed by atoms with Crippen LogP contribution in [-0.2, 0) is 24.1 Å². The summed E-state index contributed by atoms with van der Waals surface area (Å²) in [4.78, 5) is 19.7. The van der Waals surface area contributed by atoms with Gasteiger partial charge in [-0.05, 0) is 42.9 Å². The zero-order valence-electron chi connectivity index (χ0n) is 17.3. The Bertz CT molecular complexity index is 1300. The molecular weight excluding hydrogens is 433 g/mol. The summed E-state index contributed by atoms with van der Waals surface area (Å²) >= 11 is 3.07. The Balaban J connectivity index is 1.46. The van der Waals surface area contributed by atoms with E-state index in [0.717, 1.165) is 41.0 Å². The van der Waals surface area contributed by atoms with Gasteiger partial charge in [0.1, 0.15) is 16.5 Å². The molecule has 1 aliphatic rings. The number of aryl methyl sites for hydroxylation is 2. The molecule has 1 amide bonds. The van der Waals surface area contributed by atoms with Gasteiger partial charge in [0.05, 0.1) is 16.8 Å². The first kappa shape index (κ1) is 20.4. The van der Waals surface area contributed by atoms with Crippen molar-refractivity contribution in [2.24, 2.45) is 5.92 Å². The first-order chi connectivity index (χ1) is 15.0. The van der Waals surface area contributed by atoms with Crippen LogP contribution in [0.4, 0.5) is 10.1 Å². The maximum absolute atomic E-state index is 13.8. The highest BCUT2D eigenvalue weighted by Gasteiger charge is 2.25. The molecule has 1 N–H and O–H groups in total. The van der Waals surface area contributed by atoms with E-state index in [1.807, 2.05) is 4.40 Å². The number of thioether (sulfide) groups is 1. The molecule has 9 heteroatoms. The molecule has 0 saturated heterocycles. The van der Waals surface area contributed by atoms with Gasteiger partial charge in [0, 0.05) is 11.3 Å². The highest BCUT2D eigenvalue weighted by Crippen LogP contribution is 2.39. The van der Waals surface area contributed by atoms with E-state index in [9.17, 15) is 9.18 Å². The molecule has 3 heterocycles. The van der Waals surface area contributed by atoms with Crippen LogP contribution in [0.1, 0.15) is 36.5 Å². The van der Waals surface area contributed by atoms with Crippen LogP contribution in [0.5, 0.6) is 0 Å². The minimum atomic E-state index is -0.454. The number of anilines is 1. The summed E-state index contributed by atoms with van der Waals surface area (Å²) in [6.07, 6.45) is 4.04. The summed E-state index contributed by atoms with van der Waals surface area (Å²) in [5.74, 6) is 0.941. The minimum absolute atomic E-state index is 0.107. The highest BCUT2D eigenvalue weighted by atomic mass is 32.2. The molecule has 3 aromatic heterocycles. The summed E-state index contributed by atoms with van der Waals surface area (Å²) in [5, 5.41) is 13.2. The smallest absolute Gasteiger partial charge is 0.234 e. The second-order valence-electron chi connectivity index (χ2n) is 7.87. The fourth-order valence-electron chi connectivity index (χ4n) is 4.09. The summed E-state index contributed by atoms with van der Waals surface area (Å²) in [6, 6.07) is 6.14. The number of aromatic nitrogens is 4. The predicted octanol–water partition coefficient (Wildman–Crippen LogP) is 4.90. The van der Waals surface area contributed by atoms with E-state index in [-0.39, 0.29) is 17.3 Å². The summed E-state index contributed by atoms with van der Waals surface area (Å²) in [7, 11) is 0. The molecule has 0 aliphatic heterocycles. The molecule has 5 rings (SSSR count). The monoisotopic (exact) mass is 455 g/mol. The number of hydrogen-bond donors (Lipinski definition) is 1. The second-order valence-corrected chi connectivity index (χ2v) is 9.90. The van der Waals surface area contributed by atoms with Crippen molar-refractivity contribution in [2.75, 3.05) is 11.1 Å². The Morgan fingerprint density at radius 1 is 1.35 bits per heavy atom. The van der Waals surface area contributed by atoms with Crippen molar-refractivity contribution in [1.82, 2.24) is 19.6 Å². The predicted molar refractivity (Wildman–Crippen MR) is 122 cm³/mol. The van der Waals surface area contributed by atoms with E-state index in [2.05, 4.69) is 29.4 Å². The van der Waals surface area contributed by atoms with Crippen LogP contribution in [0, 0.1) is 11.7 Å². The molecule has 0 unspecified atom stereocenters. The van der Waals surface area contributed by atoms with E-state index in [4.69, 9.17) is 4.98 Å². The van der Waals surface area contributed by atoms with E-state index in [0.29, 0.717) is 11.1 Å². The summed E-state index contributed by atoms with van der Waals surface area (Å²) in [5.41, 5.74) is 2.36. The van der Waals surface area contributed by atoms with Gasteiger partial charge in [-0.2, -0.15) is 0 Å². The van der Waals surface area contributed by atoms with Crippen molar-refractivity contribution in [3.05, 3.63) is 46.3 Å². The van der Waals surface area contributed by atoms with Crippen molar-refractivity contribution in [3.63, 3.8) is 0 Å². The number of nitrogens with one attached hydrogen (secondary N) is 1. The number of rotatable bonds is 5. The maximum atomic E-state index is 13.8. The Morgan fingerprint density at radius 3 is 3.00 bits per heavy atom. The molecular formula is C22H22FN5OS2. The average Bonchev–Trinajstić information content (AvgIpc) is 3.33. The Labute approximate surface area is 187 Å². The lowest BCUT2D eigenvalue weighted by atomic mass is 9.89. The molecule has 160 valence electrons. The molecule has 1 aliphatic carbocycles. The number of carbonyl (C=O) groups excluding carboxylic acids is 1. The molecule has 4 aromatic rings. The SMILES string of the molecule is CCc1nc2sc3c(c2c2nnc(SCC(=O)Nc4ccccc4F)n12)CC[C@H](C)C3. The fraction of sp³-hybridized carbons (Fsp3) is 0.364. The van der Waals surface area contributed by atoms with Crippen LogP contribution < -0.4 is 5.32 Å². The minimum Gasteiger partial charge on any atom is -0.323 e. The first-order valence-corrected chi connectivity index (χ1v) is 12.2. The van der Waals surface area contributed by atoms with Gasteiger partial charge in [0.15, 0.2) is 10.8 Å². The lowest BCUT2D eigenvalue weighted by molar-refractivity contribution is -0.113. The topological polar surface area (TPSA) is 72.2 Å².